The molecule has 0 saturated carbocycles. The van der Waals surface area contributed by atoms with Crippen LogP contribution in [0.1, 0.15) is 27.7 Å². The number of carbonyl (C=O) groups is 2. The van der Waals surface area contributed by atoms with Crippen LogP contribution in [0.15, 0.2) is 0 Å². The molecule has 1 unspecified atom stereocenters. The van der Waals surface area contributed by atoms with Crippen LogP contribution < -0.4 is 5.32 Å². The maximum atomic E-state index is 11.7. The lowest BCUT2D eigenvalue weighted by molar-refractivity contribution is -0.125. The van der Waals surface area contributed by atoms with Crippen molar-refractivity contribution in [2.24, 2.45) is 0 Å². The van der Waals surface area contributed by atoms with E-state index < -0.39 is 11.7 Å². The van der Waals surface area contributed by atoms with E-state index in [9.17, 15) is 9.59 Å². The molecule has 0 spiro atoms. The number of amides is 2. The highest BCUT2D eigenvalue weighted by Crippen LogP contribution is 2.12. The van der Waals surface area contributed by atoms with Crippen LogP contribution in [0.4, 0.5) is 4.79 Å². The molecule has 0 aromatic rings. The minimum atomic E-state index is -0.523. The fourth-order valence-electron chi connectivity index (χ4n) is 1.30. The largest absolute Gasteiger partial charge is 0.444 e. The lowest BCUT2D eigenvalue weighted by Gasteiger charge is -2.34. The summed E-state index contributed by atoms with van der Waals surface area (Å²) in [5.41, 5.74) is -0.523. The first-order valence-electron chi connectivity index (χ1n) is 5.06. The van der Waals surface area contributed by atoms with E-state index in [0.717, 1.165) is 0 Å². The monoisotopic (exact) mass is 214 g/mol. The Bertz CT molecular complexity index is 270. The molecule has 1 atom stereocenters. The van der Waals surface area contributed by atoms with E-state index >= 15 is 0 Å². The Morgan fingerprint density at radius 1 is 1.53 bits per heavy atom. The molecule has 0 aromatic carbocycles. The van der Waals surface area contributed by atoms with E-state index in [4.69, 9.17) is 4.74 Å². The van der Waals surface area contributed by atoms with Crippen molar-refractivity contribution in [1.82, 2.24) is 10.2 Å². The second kappa shape index (κ2) is 4.08. The van der Waals surface area contributed by atoms with Crippen molar-refractivity contribution < 1.29 is 14.3 Å². The number of carbonyl (C=O) groups excluding carboxylic acids is 2. The molecular weight excluding hydrogens is 196 g/mol. The highest BCUT2D eigenvalue weighted by molar-refractivity contribution is 5.83. The predicted molar refractivity (Wildman–Crippen MR) is 55.4 cm³/mol. The molecule has 1 N–H and O–H groups in total. The van der Waals surface area contributed by atoms with Gasteiger partial charge in [-0.2, -0.15) is 0 Å². The molecule has 1 rings (SSSR count). The van der Waals surface area contributed by atoms with Gasteiger partial charge in [-0.15, -0.1) is 0 Å². The zero-order valence-electron chi connectivity index (χ0n) is 9.66. The van der Waals surface area contributed by atoms with Gasteiger partial charge >= 0.3 is 6.09 Å². The molecule has 1 aliphatic rings. The Hall–Kier alpha value is -1.26. The smallest absolute Gasteiger partial charge is 0.411 e. The molecular formula is C10H18N2O3. The first-order valence-corrected chi connectivity index (χ1v) is 5.06. The van der Waals surface area contributed by atoms with Crippen molar-refractivity contribution in [1.29, 1.82) is 0 Å². The highest BCUT2D eigenvalue weighted by Gasteiger charge is 2.30. The van der Waals surface area contributed by atoms with Gasteiger partial charge in [0, 0.05) is 6.54 Å². The zero-order valence-corrected chi connectivity index (χ0v) is 9.66. The Morgan fingerprint density at radius 3 is 2.67 bits per heavy atom. The quantitative estimate of drug-likeness (QED) is 0.647. The standard InChI is InChI=1S/C10H18N2O3/c1-7-5-11-8(13)6-12(7)9(14)15-10(2,3)4/h7H,5-6H2,1-4H3,(H,11,13). The maximum absolute atomic E-state index is 11.7. The number of piperazine rings is 1. The van der Waals surface area contributed by atoms with Gasteiger partial charge in [0.15, 0.2) is 0 Å². The van der Waals surface area contributed by atoms with Crippen molar-refractivity contribution in [3.8, 4) is 0 Å². The Morgan fingerprint density at radius 2 is 2.13 bits per heavy atom. The summed E-state index contributed by atoms with van der Waals surface area (Å²) in [7, 11) is 0. The third-order valence-electron chi connectivity index (χ3n) is 2.07. The lowest BCUT2D eigenvalue weighted by Crippen LogP contribution is -2.56. The number of hydrogen-bond acceptors (Lipinski definition) is 3. The molecule has 1 aliphatic heterocycles. The highest BCUT2D eigenvalue weighted by atomic mass is 16.6. The molecule has 5 nitrogen and oxygen atoms in total. The van der Waals surface area contributed by atoms with Crippen molar-refractivity contribution in [3.05, 3.63) is 0 Å². The molecule has 0 bridgehead atoms. The van der Waals surface area contributed by atoms with E-state index in [1.807, 2.05) is 6.92 Å². The maximum Gasteiger partial charge on any atom is 0.411 e. The lowest BCUT2D eigenvalue weighted by atomic mass is 10.2. The summed E-state index contributed by atoms with van der Waals surface area (Å²) in [6.07, 6.45) is -0.426. The minimum Gasteiger partial charge on any atom is -0.444 e. The van der Waals surface area contributed by atoms with Gasteiger partial charge in [0.1, 0.15) is 12.1 Å². The summed E-state index contributed by atoms with van der Waals surface area (Å²) in [6.45, 7) is 7.86. The first kappa shape index (κ1) is 11.8. The van der Waals surface area contributed by atoms with E-state index in [-0.39, 0.29) is 18.5 Å². The Balaban J connectivity index is 2.61. The molecule has 1 heterocycles. The topological polar surface area (TPSA) is 58.6 Å². The van der Waals surface area contributed by atoms with Crippen LogP contribution in [0, 0.1) is 0 Å². The van der Waals surface area contributed by atoms with Crippen LogP contribution in [-0.4, -0.2) is 41.6 Å². The van der Waals surface area contributed by atoms with Crippen LogP contribution in [-0.2, 0) is 9.53 Å². The molecule has 0 aromatic heterocycles. The number of nitrogens with zero attached hydrogens (tertiary/aromatic N) is 1. The first-order chi connectivity index (χ1) is 6.79. The Labute approximate surface area is 89.8 Å². The average molecular weight is 214 g/mol. The SMILES string of the molecule is CC1CNC(=O)CN1C(=O)OC(C)(C)C. The average Bonchev–Trinajstić information content (AvgIpc) is 2.06. The van der Waals surface area contributed by atoms with E-state index in [0.29, 0.717) is 6.54 Å². The van der Waals surface area contributed by atoms with Crippen LogP contribution >= 0.6 is 0 Å². The van der Waals surface area contributed by atoms with Crippen LogP contribution in [0.3, 0.4) is 0 Å². The predicted octanol–water partition coefficient (Wildman–Crippen LogP) is 0.742. The van der Waals surface area contributed by atoms with Gasteiger partial charge in [-0.3, -0.25) is 9.69 Å². The summed E-state index contributed by atoms with van der Waals surface area (Å²) in [5.74, 6) is -0.140. The van der Waals surface area contributed by atoms with Crippen LogP contribution in [0.2, 0.25) is 0 Å². The normalized spacial score (nSPS) is 22.3. The van der Waals surface area contributed by atoms with Gasteiger partial charge in [-0.25, -0.2) is 4.79 Å². The number of hydrogen-bond donors (Lipinski definition) is 1. The summed E-state index contributed by atoms with van der Waals surface area (Å²) in [4.78, 5) is 24.3. The summed E-state index contributed by atoms with van der Waals surface area (Å²) in [5, 5.41) is 2.69. The van der Waals surface area contributed by atoms with Crippen molar-refractivity contribution in [2.45, 2.75) is 39.3 Å². The summed E-state index contributed by atoms with van der Waals surface area (Å²) >= 11 is 0. The second-order valence-electron chi connectivity index (χ2n) is 4.76. The molecule has 0 radical (unpaired) electrons. The van der Waals surface area contributed by atoms with Crippen LogP contribution in [0.25, 0.3) is 0 Å². The molecule has 2 amide bonds. The number of ether oxygens (including phenoxy) is 1. The van der Waals surface area contributed by atoms with Crippen molar-refractivity contribution >= 4 is 12.0 Å². The fourth-order valence-corrected chi connectivity index (χ4v) is 1.30. The number of rotatable bonds is 0. The van der Waals surface area contributed by atoms with Crippen molar-refractivity contribution in [2.75, 3.05) is 13.1 Å². The van der Waals surface area contributed by atoms with E-state index in [1.54, 1.807) is 20.8 Å². The van der Waals surface area contributed by atoms with Crippen molar-refractivity contribution in [3.63, 3.8) is 0 Å². The van der Waals surface area contributed by atoms with Gasteiger partial charge in [-0.05, 0) is 27.7 Å². The molecule has 1 fully saturated rings. The van der Waals surface area contributed by atoms with E-state index in [1.165, 1.54) is 4.90 Å². The molecule has 86 valence electrons. The molecule has 0 aliphatic carbocycles. The van der Waals surface area contributed by atoms with Gasteiger partial charge in [0.25, 0.3) is 0 Å². The van der Waals surface area contributed by atoms with Gasteiger partial charge in [0.2, 0.25) is 5.91 Å². The fraction of sp³-hybridized carbons (Fsp3) is 0.800. The number of nitrogens with one attached hydrogen (secondary N) is 1. The van der Waals surface area contributed by atoms with Gasteiger partial charge < -0.3 is 10.1 Å². The molecule has 15 heavy (non-hydrogen) atoms. The molecule has 1 saturated heterocycles. The second-order valence-corrected chi connectivity index (χ2v) is 4.76. The molecule has 5 heteroatoms. The van der Waals surface area contributed by atoms with E-state index in [2.05, 4.69) is 5.32 Å². The minimum absolute atomic E-state index is 0.0162. The summed E-state index contributed by atoms with van der Waals surface area (Å²) in [6, 6.07) is -0.0162. The van der Waals surface area contributed by atoms with Crippen LogP contribution in [0.5, 0.6) is 0 Å². The Kier molecular flexibility index (Phi) is 3.21. The van der Waals surface area contributed by atoms with Gasteiger partial charge in [0.05, 0.1) is 6.04 Å². The van der Waals surface area contributed by atoms with Gasteiger partial charge in [-0.1, -0.05) is 0 Å². The summed E-state index contributed by atoms with van der Waals surface area (Å²) < 4.78 is 5.20. The zero-order chi connectivity index (χ0) is 11.6. The third-order valence-corrected chi connectivity index (χ3v) is 2.07. The third kappa shape index (κ3) is 3.42.